The van der Waals surface area contributed by atoms with E-state index in [0.29, 0.717) is 68.2 Å². The number of rotatable bonds is 5. The van der Waals surface area contributed by atoms with Crippen LogP contribution in [0.5, 0.6) is 0 Å². The van der Waals surface area contributed by atoms with Crippen LogP contribution in [-0.2, 0) is 19.5 Å². The summed E-state index contributed by atoms with van der Waals surface area (Å²) in [6.07, 6.45) is 10.7. The summed E-state index contributed by atoms with van der Waals surface area (Å²) in [5, 5.41) is 1.66. The predicted octanol–water partition coefficient (Wildman–Crippen LogP) is 9.29. The molecule has 0 unspecified atom stereocenters. The molecule has 0 radical (unpaired) electrons. The molecule has 0 amide bonds. The Hall–Kier alpha value is -4.88. The monoisotopic (exact) mass is 674 g/mol. The Morgan fingerprint density at radius 2 is 0.872 bits per heavy atom. The van der Waals surface area contributed by atoms with Crippen LogP contribution in [0, 0.1) is 6.92 Å². The van der Waals surface area contributed by atoms with E-state index in [0.717, 1.165) is 21.9 Å². The molecule has 0 atom stereocenters. The van der Waals surface area contributed by atoms with Crippen LogP contribution in [0.15, 0.2) is 81.0 Å². The smallest absolute Gasteiger partial charge is 0.357 e. The number of fused-ring (bicyclic) bond motifs is 11. The van der Waals surface area contributed by atoms with Crippen molar-refractivity contribution in [1.82, 2.24) is 39.9 Å². The molecule has 9 heteroatoms. The molecule has 236 valence electrons. The summed E-state index contributed by atoms with van der Waals surface area (Å²) in [5.74, 6) is 1.73. The van der Waals surface area contributed by atoms with E-state index in [1.54, 1.807) is 24.3 Å². The molecule has 5 heterocycles. The quantitative estimate of drug-likeness (QED) is 0.193. The average Bonchev–Trinajstić information content (AvgIpc) is 3.81. The first-order valence-electron chi connectivity index (χ1n) is 15.6. The van der Waals surface area contributed by atoms with Crippen LogP contribution in [-0.4, -0.2) is 29.9 Å². The van der Waals surface area contributed by atoms with E-state index in [4.69, 9.17) is 39.9 Å². The summed E-state index contributed by atoms with van der Waals surface area (Å²) in [5.41, 5.74) is 6.42. The zero-order valence-corrected chi connectivity index (χ0v) is 31.9. The van der Waals surface area contributed by atoms with Crippen LogP contribution < -0.4 is 9.97 Å². The maximum atomic E-state index is 4.86. The van der Waals surface area contributed by atoms with Gasteiger partial charge < -0.3 is 29.9 Å². The fraction of sp³-hybridized carbons (Fsp3) is 0.211. The second-order valence-electron chi connectivity index (χ2n) is 9.04. The van der Waals surface area contributed by atoms with Gasteiger partial charge in [0.1, 0.15) is 0 Å². The van der Waals surface area contributed by atoms with Crippen LogP contribution in [0.2, 0.25) is 0 Å². The van der Waals surface area contributed by atoms with Crippen molar-refractivity contribution in [3.63, 3.8) is 0 Å². The largest absolute Gasteiger partial charge is 2.00 e. The average molecular weight is 676 g/mol. The third kappa shape index (κ3) is 7.26. The van der Waals surface area contributed by atoms with Crippen LogP contribution in [0.4, 0.5) is 0 Å². The van der Waals surface area contributed by atoms with Gasteiger partial charge in [0.25, 0.3) is 0 Å². The molecular weight excluding hydrogens is 634 g/mol. The van der Waals surface area contributed by atoms with E-state index in [1.807, 2.05) is 91.8 Å². The van der Waals surface area contributed by atoms with E-state index in [2.05, 4.69) is 26.3 Å². The summed E-state index contributed by atoms with van der Waals surface area (Å²) >= 11 is 0. The van der Waals surface area contributed by atoms with Gasteiger partial charge in [-0.25, -0.2) is 9.97 Å². The molecule has 0 aliphatic carbocycles. The maximum Gasteiger partial charge on any atom is 2.00 e. The Morgan fingerprint density at radius 3 is 1.23 bits per heavy atom. The minimum absolute atomic E-state index is 0. The standard InChI is InChI=1S/C32H24N8.3C2H6.Zn/c1-7-14-22-17(6)25-33-26-18(8-2)19(9-3)28(35-26)38-31-23-15-12-13-16-24(23)32(40-31)39-29-21(11-5)20(10-4)27(36-29)37-30(22)34-25;3*1-2;/h7-16H,2-5H2,1,6H3;3*1-2H3;/q-2;;;;+2/b14-7-;;;;. The Morgan fingerprint density at radius 1 is 0.532 bits per heavy atom. The van der Waals surface area contributed by atoms with E-state index in [1.165, 1.54) is 0 Å². The molecule has 3 aromatic heterocycles. The summed E-state index contributed by atoms with van der Waals surface area (Å²) in [6, 6.07) is 7.78. The van der Waals surface area contributed by atoms with Gasteiger partial charge in [0.05, 0.1) is 23.3 Å². The second-order valence-corrected chi connectivity index (χ2v) is 9.04. The normalized spacial score (nSPS) is 11.7. The SMILES string of the molecule is C=CC1=C(C=C)c2nc1nc1[n-]c(nc3nc(nc4[n-]c(n2)c2ccccc42)C(C=C)=C3C=C)c(/C=C\C)c1C.CC.CC.CC.[Zn+2]. The van der Waals surface area contributed by atoms with Crippen molar-refractivity contribution < 1.29 is 19.5 Å². The number of aryl methyl sites for hydroxylation is 1. The zero-order chi connectivity index (χ0) is 34.0. The number of allylic oxidation sites excluding steroid dienone is 9. The topological polar surface area (TPSA) is 106 Å². The first-order valence-corrected chi connectivity index (χ1v) is 15.6. The summed E-state index contributed by atoms with van der Waals surface area (Å²) < 4.78 is 0. The van der Waals surface area contributed by atoms with Gasteiger partial charge in [-0.3, -0.25) is 0 Å². The Bertz CT molecular complexity index is 2050. The first kappa shape index (κ1) is 38.3. The summed E-state index contributed by atoms with van der Waals surface area (Å²) in [6.45, 7) is 31.9. The minimum atomic E-state index is 0. The molecule has 0 N–H and O–H groups in total. The van der Waals surface area contributed by atoms with Crippen LogP contribution in [0.1, 0.15) is 82.9 Å². The molecule has 2 aliphatic rings. The Kier molecular flexibility index (Phi) is 14.4. The van der Waals surface area contributed by atoms with Crippen molar-refractivity contribution in [2.75, 3.05) is 0 Å². The van der Waals surface area contributed by atoms with E-state index in [-0.39, 0.29) is 19.5 Å². The first-order chi connectivity index (χ1) is 22.5. The van der Waals surface area contributed by atoms with Gasteiger partial charge in [0.2, 0.25) is 0 Å². The Labute approximate surface area is 290 Å². The molecule has 2 aliphatic heterocycles. The van der Waals surface area contributed by atoms with Gasteiger partial charge in [-0.15, -0.1) is 0 Å². The third-order valence-corrected chi connectivity index (χ3v) is 6.78. The maximum absolute atomic E-state index is 4.86. The van der Waals surface area contributed by atoms with Gasteiger partial charge in [-0.1, -0.05) is 129 Å². The van der Waals surface area contributed by atoms with Crippen molar-refractivity contribution in [3.05, 3.63) is 115 Å². The van der Waals surface area contributed by atoms with Crippen molar-refractivity contribution >= 4 is 61.7 Å². The molecule has 0 saturated carbocycles. The third-order valence-electron chi connectivity index (χ3n) is 6.78. The van der Waals surface area contributed by atoms with Crippen LogP contribution >= 0.6 is 0 Å². The molecule has 4 aromatic rings. The predicted molar refractivity (Wildman–Crippen MR) is 196 cm³/mol. The van der Waals surface area contributed by atoms with Crippen molar-refractivity contribution in [1.29, 1.82) is 0 Å². The van der Waals surface area contributed by atoms with E-state index in [9.17, 15) is 0 Å². The minimum Gasteiger partial charge on any atom is -0.357 e. The van der Waals surface area contributed by atoms with Gasteiger partial charge in [-0.05, 0) is 35.7 Å². The molecule has 0 spiro atoms. The van der Waals surface area contributed by atoms with Gasteiger partial charge in [0, 0.05) is 44.9 Å². The molecular formula is C38H42N8Zn. The van der Waals surface area contributed by atoms with Crippen molar-refractivity contribution in [3.8, 4) is 0 Å². The Balaban J connectivity index is 0.00000104. The van der Waals surface area contributed by atoms with Gasteiger partial charge >= 0.3 is 19.5 Å². The fourth-order valence-corrected chi connectivity index (χ4v) is 4.83. The summed E-state index contributed by atoms with van der Waals surface area (Å²) in [7, 11) is 0. The zero-order valence-electron chi connectivity index (χ0n) is 28.9. The molecule has 47 heavy (non-hydrogen) atoms. The second kappa shape index (κ2) is 17.7. The number of benzene rings is 1. The molecule has 0 saturated heterocycles. The van der Waals surface area contributed by atoms with Gasteiger partial charge in [-0.2, -0.15) is 0 Å². The molecule has 0 fully saturated rings. The number of hydrogen-bond acceptors (Lipinski definition) is 6. The number of aromatic nitrogens is 8. The molecule has 8 bridgehead atoms. The molecule has 8 nitrogen and oxygen atoms in total. The van der Waals surface area contributed by atoms with Crippen LogP contribution in [0.25, 0.3) is 61.7 Å². The van der Waals surface area contributed by atoms with E-state index < -0.39 is 0 Å². The van der Waals surface area contributed by atoms with Crippen molar-refractivity contribution in [2.45, 2.75) is 55.4 Å². The van der Waals surface area contributed by atoms with Gasteiger partial charge in [0.15, 0.2) is 0 Å². The number of nitrogens with zero attached hydrogens (tertiary/aromatic N) is 8. The number of hydrogen-bond donors (Lipinski definition) is 0. The van der Waals surface area contributed by atoms with Crippen LogP contribution in [0.3, 0.4) is 0 Å². The molecule has 6 rings (SSSR count). The summed E-state index contributed by atoms with van der Waals surface area (Å²) in [4.78, 5) is 38.5. The van der Waals surface area contributed by atoms with E-state index >= 15 is 0 Å². The molecule has 1 aromatic carbocycles. The fourth-order valence-electron chi connectivity index (χ4n) is 4.83. The van der Waals surface area contributed by atoms with Crippen molar-refractivity contribution in [2.24, 2.45) is 0 Å².